The summed E-state index contributed by atoms with van der Waals surface area (Å²) >= 11 is 6.34. The first-order chi connectivity index (χ1) is 13.0. The van der Waals surface area contributed by atoms with E-state index in [1.807, 2.05) is 47.1 Å². The molecule has 0 radical (unpaired) electrons. The van der Waals surface area contributed by atoms with Gasteiger partial charge in [0.05, 0.1) is 22.6 Å². The minimum atomic E-state index is -0.00888. The summed E-state index contributed by atoms with van der Waals surface area (Å²) in [6.07, 6.45) is 5.87. The molecule has 0 saturated heterocycles. The number of halogens is 1. The predicted molar refractivity (Wildman–Crippen MR) is 109 cm³/mol. The second kappa shape index (κ2) is 7.24. The van der Waals surface area contributed by atoms with Crippen molar-refractivity contribution in [2.45, 2.75) is 32.7 Å². The molecule has 1 fully saturated rings. The Morgan fingerprint density at radius 1 is 1.30 bits per heavy atom. The lowest BCUT2D eigenvalue weighted by Gasteiger charge is -2.11. The largest absolute Gasteiger partial charge is 0.382 e. The fourth-order valence-corrected chi connectivity index (χ4v) is 3.21. The highest BCUT2D eigenvalue weighted by Gasteiger charge is 2.23. The molecule has 1 aromatic carbocycles. The van der Waals surface area contributed by atoms with E-state index in [9.17, 15) is 4.79 Å². The highest BCUT2D eigenvalue weighted by Crippen LogP contribution is 2.28. The number of benzene rings is 1. The highest BCUT2D eigenvalue weighted by molar-refractivity contribution is 6.30. The molecule has 4 rings (SSSR count). The number of rotatable bonds is 6. The summed E-state index contributed by atoms with van der Waals surface area (Å²) in [5, 5.41) is 7.08. The van der Waals surface area contributed by atoms with Crippen LogP contribution in [-0.2, 0) is 0 Å². The maximum absolute atomic E-state index is 12.2. The minimum Gasteiger partial charge on any atom is -0.382 e. The number of nitrogens with zero attached hydrogens (tertiary/aromatic N) is 2. The first kappa shape index (κ1) is 17.9. The fourth-order valence-electron chi connectivity index (χ4n) is 3.00. The number of imidazole rings is 1. The SMILES string of the molecule is CC(C)CNc1cc(Cl)cn2c(-c3ccc(C(=O)NC4CC4)cc3)cnc12. The molecule has 0 atom stereocenters. The van der Waals surface area contributed by atoms with Gasteiger partial charge in [-0.2, -0.15) is 0 Å². The molecule has 5 nitrogen and oxygen atoms in total. The van der Waals surface area contributed by atoms with Gasteiger partial charge in [0.25, 0.3) is 5.91 Å². The van der Waals surface area contributed by atoms with Crippen molar-refractivity contribution in [1.29, 1.82) is 0 Å². The molecule has 2 N–H and O–H groups in total. The second-order valence-corrected chi connectivity index (χ2v) is 7.95. The van der Waals surface area contributed by atoms with E-state index in [2.05, 4.69) is 29.5 Å². The number of nitrogens with one attached hydrogen (secondary N) is 2. The highest BCUT2D eigenvalue weighted by atomic mass is 35.5. The van der Waals surface area contributed by atoms with Crippen LogP contribution in [0.1, 0.15) is 37.0 Å². The number of anilines is 1. The van der Waals surface area contributed by atoms with Crippen LogP contribution in [0.5, 0.6) is 0 Å². The molecule has 1 aliphatic carbocycles. The molecule has 0 spiro atoms. The lowest BCUT2D eigenvalue weighted by atomic mass is 10.1. The number of hydrogen-bond donors (Lipinski definition) is 2. The van der Waals surface area contributed by atoms with E-state index in [0.29, 0.717) is 22.5 Å². The van der Waals surface area contributed by atoms with E-state index in [-0.39, 0.29) is 5.91 Å². The monoisotopic (exact) mass is 382 g/mol. The van der Waals surface area contributed by atoms with Gasteiger partial charge in [0.1, 0.15) is 0 Å². The third-order valence-corrected chi connectivity index (χ3v) is 4.84. The summed E-state index contributed by atoms with van der Waals surface area (Å²) in [5.74, 6) is 0.512. The minimum absolute atomic E-state index is 0.00888. The number of amides is 1. The molecule has 27 heavy (non-hydrogen) atoms. The molecule has 0 bridgehead atoms. The van der Waals surface area contributed by atoms with Crippen molar-refractivity contribution in [2.24, 2.45) is 5.92 Å². The molecule has 1 aliphatic rings. The van der Waals surface area contributed by atoms with Crippen molar-refractivity contribution in [3.05, 3.63) is 53.3 Å². The standard InChI is InChI=1S/C21H23ClN4O/c1-13(2)10-23-18-9-16(22)12-26-19(11-24-20(18)26)14-3-5-15(6-4-14)21(27)25-17-7-8-17/h3-6,9,11-13,17,23H,7-8,10H2,1-2H3,(H,25,27). The van der Waals surface area contributed by atoms with Gasteiger partial charge in [0.15, 0.2) is 5.65 Å². The Kier molecular flexibility index (Phi) is 4.79. The van der Waals surface area contributed by atoms with Crippen LogP contribution in [-0.4, -0.2) is 27.9 Å². The molecule has 1 saturated carbocycles. The first-order valence-corrected chi connectivity index (χ1v) is 9.71. The molecule has 3 aromatic rings. The lowest BCUT2D eigenvalue weighted by molar-refractivity contribution is 0.0951. The molecule has 0 unspecified atom stereocenters. The molecule has 2 heterocycles. The van der Waals surface area contributed by atoms with Gasteiger partial charge in [-0.05, 0) is 37.0 Å². The smallest absolute Gasteiger partial charge is 0.251 e. The Bertz CT molecular complexity index is 974. The van der Waals surface area contributed by atoms with Crippen LogP contribution in [0.4, 0.5) is 5.69 Å². The molecule has 0 aliphatic heterocycles. The number of pyridine rings is 1. The molecular formula is C21H23ClN4O. The van der Waals surface area contributed by atoms with Crippen molar-refractivity contribution in [1.82, 2.24) is 14.7 Å². The summed E-state index contributed by atoms with van der Waals surface area (Å²) < 4.78 is 1.99. The van der Waals surface area contributed by atoms with E-state index in [4.69, 9.17) is 11.6 Å². The number of carbonyl (C=O) groups is 1. The van der Waals surface area contributed by atoms with Crippen molar-refractivity contribution in [2.75, 3.05) is 11.9 Å². The number of hydrogen-bond acceptors (Lipinski definition) is 3. The van der Waals surface area contributed by atoms with Crippen LogP contribution in [0.25, 0.3) is 16.9 Å². The van der Waals surface area contributed by atoms with E-state index < -0.39 is 0 Å². The van der Waals surface area contributed by atoms with Crippen LogP contribution in [0, 0.1) is 5.92 Å². The summed E-state index contributed by atoms with van der Waals surface area (Å²) in [4.78, 5) is 16.7. The number of fused-ring (bicyclic) bond motifs is 1. The first-order valence-electron chi connectivity index (χ1n) is 9.33. The van der Waals surface area contributed by atoms with Crippen LogP contribution in [0.15, 0.2) is 42.7 Å². The third kappa shape index (κ3) is 3.93. The van der Waals surface area contributed by atoms with Gasteiger partial charge in [-0.3, -0.25) is 9.20 Å². The number of aromatic nitrogens is 2. The molecule has 140 valence electrons. The summed E-state index contributed by atoms with van der Waals surface area (Å²) in [6, 6.07) is 9.88. The average molecular weight is 383 g/mol. The normalized spacial score (nSPS) is 13.9. The van der Waals surface area contributed by atoms with Crippen LogP contribution >= 0.6 is 11.6 Å². The molecule has 6 heteroatoms. The Morgan fingerprint density at radius 3 is 2.70 bits per heavy atom. The maximum atomic E-state index is 12.2. The quantitative estimate of drug-likeness (QED) is 0.654. The topological polar surface area (TPSA) is 58.4 Å². The van der Waals surface area contributed by atoms with E-state index in [1.165, 1.54) is 0 Å². The molecular weight excluding hydrogens is 360 g/mol. The summed E-state index contributed by atoms with van der Waals surface area (Å²) in [5.41, 5.74) is 4.36. The van der Waals surface area contributed by atoms with Gasteiger partial charge < -0.3 is 10.6 Å². The zero-order chi connectivity index (χ0) is 19.0. The van der Waals surface area contributed by atoms with E-state index >= 15 is 0 Å². The van der Waals surface area contributed by atoms with Crippen LogP contribution in [0.3, 0.4) is 0 Å². The van der Waals surface area contributed by atoms with Crippen molar-refractivity contribution >= 4 is 28.8 Å². The van der Waals surface area contributed by atoms with Gasteiger partial charge in [-0.1, -0.05) is 37.6 Å². The van der Waals surface area contributed by atoms with Crippen molar-refractivity contribution in [3.8, 4) is 11.3 Å². The molecule has 1 amide bonds. The van der Waals surface area contributed by atoms with Gasteiger partial charge in [-0.25, -0.2) is 4.98 Å². The third-order valence-electron chi connectivity index (χ3n) is 4.63. The summed E-state index contributed by atoms with van der Waals surface area (Å²) in [7, 11) is 0. The van der Waals surface area contributed by atoms with E-state index in [0.717, 1.165) is 42.0 Å². The average Bonchev–Trinajstić information content (AvgIpc) is 3.36. The van der Waals surface area contributed by atoms with Crippen LogP contribution < -0.4 is 10.6 Å². The Morgan fingerprint density at radius 2 is 2.04 bits per heavy atom. The zero-order valence-electron chi connectivity index (χ0n) is 15.5. The predicted octanol–water partition coefficient (Wildman–Crippen LogP) is 4.61. The Hall–Kier alpha value is -2.53. The van der Waals surface area contributed by atoms with Gasteiger partial charge in [0.2, 0.25) is 0 Å². The Labute approximate surface area is 163 Å². The van der Waals surface area contributed by atoms with Crippen LogP contribution in [0.2, 0.25) is 5.02 Å². The zero-order valence-corrected chi connectivity index (χ0v) is 16.3. The fraction of sp³-hybridized carbons (Fsp3) is 0.333. The molecule has 2 aromatic heterocycles. The van der Waals surface area contributed by atoms with Gasteiger partial charge in [-0.15, -0.1) is 0 Å². The maximum Gasteiger partial charge on any atom is 0.251 e. The van der Waals surface area contributed by atoms with E-state index in [1.54, 1.807) is 0 Å². The second-order valence-electron chi connectivity index (χ2n) is 7.51. The van der Waals surface area contributed by atoms with Crippen molar-refractivity contribution < 1.29 is 4.79 Å². The van der Waals surface area contributed by atoms with Crippen molar-refractivity contribution in [3.63, 3.8) is 0 Å². The Balaban J connectivity index is 1.64. The number of carbonyl (C=O) groups excluding carboxylic acids is 1. The van der Waals surface area contributed by atoms with Gasteiger partial charge >= 0.3 is 0 Å². The van der Waals surface area contributed by atoms with Gasteiger partial charge in [0, 0.05) is 29.9 Å². The lowest BCUT2D eigenvalue weighted by Crippen LogP contribution is -2.25. The summed E-state index contributed by atoms with van der Waals surface area (Å²) in [6.45, 7) is 5.17.